The molecule has 0 aliphatic heterocycles. The number of rotatable bonds is 8. The molecule has 10 heteroatoms. The van der Waals surface area contributed by atoms with Crippen LogP contribution >= 0.6 is 0 Å². The van der Waals surface area contributed by atoms with E-state index in [1.807, 2.05) is 0 Å². The van der Waals surface area contributed by atoms with Crippen LogP contribution in [0, 0.1) is 10.8 Å². The molecule has 9 nitrogen and oxygen atoms in total. The van der Waals surface area contributed by atoms with E-state index in [4.69, 9.17) is 0 Å². The number of aliphatic carboxylic acids is 4. The first kappa shape index (κ1) is 24.6. The van der Waals surface area contributed by atoms with Gasteiger partial charge in [-0.3, -0.25) is 0 Å². The summed E-state index contributed by atoms with van der Waals surface area (Å²) in [7, 11) is 0. The van der Waals surface area contributed by atoms with Gasteiger partial charge in [0.15, 0.2) is 0 Å². The Morgan fingerprint density at radius 2 is 0.833 bits per heavy atom. The van der Waals surface area contributed by atoms with Gasteiger partial charge in [-0.05, 0) is 49.4 Å². The Hall–Kier alpha value is -1.64. The summed E-state index contributed by atoms with van der Waals surface area (Å²) in [6.45, 7) is 0. The number of carbonyl (C=O) groups is 4. The molecule has 1 rings (SSSR count). The fourth-order valence-corrected chi connectivity index (χ4v) is 3.79. The van der Waals surface area contributed by atoms with E-state index in [0.29, 0.717) is 12.8 Å². The quantitative estimate of drug-likeness (QED) is 0.414. The molecule has 1 saturated carbocycles. The van der Waals surface area contributed by atoms with Gasteiger partial charge in [-0.15, -0.1) is 0 Å². The second-order valence-electron chi connectivity index (χ2n) is 5.96. The second kappa shape index (κ2) is 9.61. The van der Waals surface area contributed by atoms with Crippen molar-refractivity contribution >= 4 is 23.9 Å². The average molecular weight is 386 g/mol. The summed E-state index contributed by atoms with van der Waals surface area (Å²) < 4.78 is 0. The van der Waals surface area contributed by atoms with Gasteiger partial charge in [-0.1, -0.05) is 12.8 Å². The van der Waals surface area contributed by atoms with Crippen LogP contribution in [0.1, 0.15) is 51.4 Å². The van der Waals surface area contributed by atoms with Gasteiger partial charge in [0.1, 0.15) is 0 Å². The summed E-state index contributed by atoms with van der Waals surface area (Å²) in [6, 6.07) is 0. The summed E-state index contributed by atoms with van der Waals surface area (Å²) in [5.41, 5.74) is -3.13. The van der Waals surface area contributed by atoms with Gasteiger partial charge in [-0.2, -0.15) is 0 Å². The van der Waals surface area contributed by atoms with Crippen LogP contribution in [0.3, 0.4) is 0 Å². The molecule has 4 N–H and O–H groups in total. The van der Waals surface area contributed by atoms with Gasteiger partial charge in [0.25, 0.3) is 0 Å². The molecule has 0 atom stereocenters. The van der Waals surface area contributed by atoms with Gasteiger partial charge in [0, 0.05) is 23.9 Å². The molecular weight excluding hydrogens is 366 g/mol. The standard InChI is InChI=1S/C14H20O8.Fe.H3N/c15-9(16)5-13(6-10(17)18)3-1-2-4-14(13,7-11(19)20)8-12(21)22;;/h1-8H2,(H,15,16)(H,17,18)(H,19,20)(H,21,22);;1H3/q;+3;/p-3. The Morgan fingerprint density at radius 1 is 0.625 bits per heavy atom. The Balaban J connectivity index is 0. The maximum Gasteiger partial charge on any atom is 3.00 e. The van der Waals surface area contributed by atoms with Gasteiger partial charge >= 0.3 is 17.1 Å². The van der Waals surface area contributed by atoms with Crippen molar-refractivity contribution in [3.8, 4) is 0 Å². The summed E-state index contributed by atoms with van der Waals surface area (Å²) in [5.74, 6) is -6.26. The predicted molar refractivity (Wildman–Crippen MR) is 67.8 cm³/mol. The largest absolute Gasteiger partial charge is 3.00 e. The van der Waals surface area contributed by atoms with Crippen molar-refractivity contribution in [1.82, 2.24) is 6.15 Å². The van der Waals surface area contributed by atoms with Crippen LogP contribution in [0.25, 0.3) is 0 Å². The van der Waals surface area contributed by atoms with E-state index in [1.54, 1.807) is 0 Å². The average Bonchev–Trinajstić information content (AvgIpc) is 2.29. The van der Waals surface area contributed by atoms with E-state index >= 15 is 0 Å². The molecule has 24 heavy (non-hydrogen) atoms. The maximum absolute atomic E-state index is 11.1. The molecule has 0 saturated heterocycles. The molecule has 0 aromatic rings. The monoisotopic (exact) mass is 386 g/mol. The van der Waals surface area contributed by atoms with Gasteiger partial charge < -0.3 is 45.8 Å². The summed E-state index contributed by atoms with van der Waals surface area (Å²) in [6.07, 6.45) is -1.94. The fourth-order valence-electron chi connectivity index (χ4n) is 3.79. The fraction of sp³-hybridized carbons (Fsp3) is 0.714. The van der Waals surface area contributed by atoms with Crippen LogP contribution in [0.5, 0.6) is 0 Å². The molecule has 0 unspecified atom stereocenters. The molecule has 1 aliphatic carbocycles. The third-order valence-electron chi connectivity index (χ3n) is 4.62. The van der Waals surface area contributed by atoms with E-state index in [0.717, 1.165) is 0 Å². The van der Waals surface area contributed by atoms with Crippen molar-refractivity contribution < 1.29 is 56.7 Å². The van der Waals surface area contributed by atoms with Crippen LogP contribution in [0.4, 0.5) is 0 Å². The Bertz CT molecular complexity index is 417. The predicted octanol–water partition coefficient (Wildman–Crippen LogP) is -3.53. The third kappa shape index (κ3) is 5.77. The normalized spacial score (nSPS) is 17.7. The van der Waals surface area contributed by atoms with Crippen LogP contribution in [-0.2, 0) is 36.2 Å². The van der Waals surface area contributed by atoms with Crippen molar-refractivity contribution in [2.24, 2.45) is 10.8 Å². The molecule has 0 aromatic heterocycles. The van der Waals surface area contributed by atoms with E-state index < -0.39 is 60.4 Å². The summed E-state index contributed by atoms with van der Waals surface area (Å²) >= 11 is 0. The Morgan fingerprint density at radius 3 is 1.00 bits per heavy atom. The van der Waals surface area contributed by atoms with Crippen LogP contribution in [0.2, 0.25) is 0 Å². The van der Waals surface area contributed by atoms with E-state index in [1.165, 1.54) is 0 Å². The summed E-state index contributed by atoms with van der Waals surface area (Å²) in [4.78, 5) is 44.3. The van der Waals surface area contributed by atoms with Crippen LogP contribution < -0.4 is 26.6 Å². The molecule has 1 radical (unpaired) electrons. The molecular formula is C14H20FeNO8. The smallest absolute Gasteiger partial charge is 0.550 e. The van der Waals surface area contributed by atoms with E-state index in [-0.39, 0.29) is 36.1 Å². The minimum atomic E-state index is -1.57. The number of hydrogen-bond acceptors (Lipinski definition) is 8. The molecule has 1 aliphatic rings. The molecule has 137 valence electrons. The number of carboxylic acids is 4. The van der Waals surface area contributed by atoms with E-state index in [9.17, 15) is 39.6 Å². The number of carboxylic acid groups (broad SMARTS) is 4. The Labute approximate surface area is 149 Å². The number of carbonyl (C=O) groups excluding carboxylic acids is 4. The topological polar surface area (TPSA) is 197 Å². The van der Waals surface area contributed by atoms with Gasteiger partial charge in [0.05, 0.1) is 0 Å². The minimum absolute atomic E-state index is 0. The van der Waals surface area contributed by atoms with Crippen molar-refractivity contribution in [3.05, 3.63) is 0 Å². The number of hydrogen-bond donors (Lipinski definition) is 1. The minimum Gasteiger partial charge on any atom is -0.550 e. The third-order valence-corrected chi connectivity index (χ3v) is 4.62. The van der Waals surface area contributed by atoms with Gasteiger partial charge in [0.2, 0.25) is 0 Å². The first-order valence-corrected chi connectivity index (χ1v) is 6.92. The van der Waals surface area contributed by atoms with Crippen LogP contribution in [-0.4, -0.2) is 23.9 Å². The zero-order valence-electron chi connectivity index (χ0n) is 13.3. The number of quaternary nitrogens is 1. The molecule has 0 aromatic carbocycles. The Kier molecular flexibility index (Phi) is 9.85. The molecule has 0 heterocycles. The van der Waals surface area contributed by atoms with Crippen molar-refractivity contribution in [3.63, 3.8) is 0 Å². The van der Waals surface area contributed by atoms with Crippen molar-refractivity contribution in [1.29, 1.82) is 0 Å². The van der Waals surface area contributed by atoms with Crippen molar-refractivity contribution in [2.45, 2.75) is 51.4 Å². The maximum atomic E-state index is 11.1. The zero-order chi connectivity index (χ0) is 17.0. The second-order valence-corrected chi connectivity index (χ2v) is 5.96. The van der Waals surface area contributed by atoms with Crippen molar-refractivity contribution in [2.75, 3.05) is 0 Å². The van der Waals surface area contributed by atoms with E-state index in [2.05, 4.69) is 0 Å². The van der Waals surface area contributed by atoms with Crippen LogP contribution in [0.15, 0.2) is 0 Å². The molecule has 0 bridgehead atoms. The molecule has 1 fully saturated rings. The first-order valence-electron chi connectivity index (χ1n) is 6.92. The van der Waals surface area contributed by atoms with Gasteiger partial charge in [-0.25, -0.2) is 0 Å². The zero-order valence-corrected chi connectivity index (χ0v) is 14.4. The molecule has 0 amide bonds. The first-order chi connectivity index (χ1) is 10.1. The molecule has 0 spiro atoms. The SMILES string of the molecule is O=C([O-])CC1(CC(=O)[O-])CCCCC1(CC(=O)[O-])CC(=O)[O-].[Fe+3].[NH4+]. The summed E-state index contributed by atoms with van der Waals surface area (Å²) in [5, 5.41) is 44.3.